The van der Waals surface area contributed by atoms with E-state index in [4.69, 9.17) is 32.7 Å². The Morgan fingerprint density at radius 3 is 1.67 bits per heavy atom. The van der Waals surface area contributed by atoms with E-state index in [-0.39, 0.29) is 0 Å². The maximum Gasteiger partial charge on any atom is 0.141 e. The highest BCUT2D eigenvalue weighted by atomic mass is 35.5. The summed E-state index contributed by atoms with van der Waals surface area (Å²) in [4.78, 5) is 0. The lowest BCUT2D eigenvalue weighted by atomic mass is 10.3. The third kappa shape index (κ3) is 1.76. The smallest absolute Gasteiger partial charge is 0.141 e. The Hall–Kier alpha value is -0.600. The van der Waals surface area contributed by atoms with Crippen molar-refractivity contribution in [2.24, 2.45) is 0 Å². The van der Waals surface area contributed by atoms with Gasteiger partial charge in [0.2, 0.25) is 0 Å². The van der Waals surface area contributed by atoms with E-state index in [2.05, 4.69) is 0 Å². The fraction of sp³-hybridized carbons (Fsp3) is 0.250. The number of halogens is 2. The number of hydrogen-bond donors (Lipinski definition) is 0. The molecule has 0 spiro atoms. The standard InChI is InChI=1S/C8H8Cl2O2/c1-11-7-4-8(12-2)6(10)3-5(7)9/h3-4H,1-2H3. The van der Waals surface area contributed by atoms with E-state index >= 15 is 0 Å². The lowest BCUT2D eigenvalue weighted by Crippen LogP contribution is -1.88. The summed E-state index contributed by atoms with van der Waals surface area (Å²) in [7, 11) is 3.07. The van der Waals surface area contributed by atoms with Gasteiger partial charge in [-0.3, -0.25) is 0 Å². The summed E-state index contributed by atoms with van der Waals surface area (Å²) >= 11 is 11.6. The van der Waals surface area contributed by atoms with Crippen LogP contribution in [0.4, 0.5) is 0 Å². The van der Waals surface area contributed by atoms with Gasteiger partial charge in [-0.15, -0.1) is 0 Å². The molecule has 0 aliphatic rings. The normalized spacial score (nSPS) is 9.67. The molecule has 0 amide bonds. The second-order valence-corrected chi connectivity index (χ2v) is 2.94. The molecule has 0 unspecified atom stereocenters. The first-order valence-electron chi connectivity index (χ1n) is 3.26. The highest BCUT2D eigenvalue weighted by Gasteiger charge is 2.06. The minimum absolute atomic E-state index is 0.475. The summed E-state index contributed by atoms with van der Waals surface area (Å²) < 4.78 is 9.94. The Morgan fingerprint density at radius 1 is 0.917 bits per heavy atom. The van der Waals surface area contributed by atoms with Crippen LogP contribution in [0, 0.1) is 0 Å². The van der Waals surface area contributed by atoms with Gasteiger partial charge in [0.15, 0.2) is 0 Å². The van der Waals surface area contributed by atoms with Gasteiger partial charge in [0.25, 0.3) is 0 Å². The molecule has 1 aromatic carbocycles. The van der Waals surface area contributed by atoms with Crippen LogP contribution in [0.3, 0.4) is 0 Å². The first kappa shape index (κ1) is 9.49. The zero-order valence-electron chi connectivity index (χ0n) is 6.73. The van der Waals surface area contributed by atoms with Crippen molar-refractivity contribution in [3.05, 3.63) is 22.2 Å². The molecule has 2 nitrogen and oxygen atoms in total. The van der Waals surface area contributed by atoms with Crippen LogP contribution >= 0.6 is 23.2 Å². The van der Waals surface area contributed by atoms with Crippen LogP contribution in [-0.4, -0.2) is 14.2 Å². The quantitative estimate of drug-likeness (QED) is 0.741. The van der Waals surface area contributed by atoms with Crippen LogP contribution in [0.1, 0.15) is 0 Å². The third-order valence-electron chi connectivity index (χ3n) is 1.43. The summed E-state index contributed by atoms with van der Waals surface area (Å²) in [6.07, 6.45) is 0. The Morgan fingerprint density at radius 2 is 1.33 bits per heavy atom. The summed E-state index contributed by atoms with van der Waals surface area (Å²) in [6, 6.07) is 3.23. The van der Waals surface area contributed by atoms with E-state index in [1.54, 1.807) is 12.1 Å². The molecule has 0 aromatic heterocycles. The van der Waals surface area contributed by atoms with Crippen LogP contribution in [-0.2, 0) is 0 Å². The molecule has 0 saturated heterocycles. The van der Waals surface area contributed by atoms with E-state index in [9.17, 15) is 0 Å². The van der Waals surface area contributed by atoms with Gasteiger partial charge in [0.1, 0.15) is 11.5 Å². The topological polar surface area (TPSA) is 18.5 Å². The van der Waals surface area contributed by atoms with Gasteiger partial charge >= 0.3 is 0 Å². The van der Waals surface area contributed by atoms with Crippen LogP contribution in [0.15, 0.2) is 12.1 Å². The molecule has 1 rings (SSSR count). The fourth-order valence-corrected chi connectivity index (χ4v) is 1.36. The predicted octanol–water partition coefficient (Wildman–Crippen LogP) is 3.01. The molecule has 0 saturated carbocycles. The Labute approximate surface area is 81.0 Å². The molecule has 0 heterocycles. The molecule has 0 aliphatic carbocycles. The molecular formula is C8H8Cl2O2. The molecule has 66 valence electrons. The van der Waals surface area contributed by atoms with E-state index in [1.807, 2.05) is 0 Å². The molecule has 0 atom stereocenters. The first-order chi connectivity index (χ1) is 5.69. The van der Waals surface area contributed by atoms with Gasteiger partial charge in [0, 0.05) is 6.07 Å². The Balaban J connectivity index is 3.18. The number of ether oxygens (including phenoxy) is 2. The second kappa shape index (κ2) is 3.87. The molecule has 0 aliphatic heterocycles. The number of rotatable bonds is 2. The van der Waals surface area contributed by atoms with Crippen LogP contribution in [0.25, 0.3) is 0 Å². The van der Waals surface area contributed by atoms with Crippen LogP contribution in [0.2, 0.25) is 10.0 Å². The minimum Gasteiger partial charge on any atom is -0.495 e. The van der Waals surface area contributed by atoms with E-state index < -0.39 is 0 Å². The highest BCUT2D eigenvalue weighted by molar-refractivity contribution is 6.36. The number of benzene rings is 1. The summed E-state index contributed by atoms with van der Waals surface area (Å²) in [6.45, 7) is 0. The van der Waals surface area contributed by atoms with Gasteiger partial charge in [-0.25, -0.2) is 0 Å². The average Bonchev–Trinajstić information content (AvgIpc) is 2.05. The van der Waals surface area contributed by atoms with E-state index in [0.717, 1.165) is 0 Å². The molecule has 0 bridgehead atoms. The van der Waals surface area contributed by atoms with Crippen molar-refractivity contribution in [2.45, 2.75) is 0 Å². The maximum absolute atomic E-state index is 5.79. The fourth-order valence-electron chi connectivity index (χ4n) is 0.823. The largest absolute Gasteiger partial charge is 0.495 e. The van der Waals surface area contributed by atoms with Crippen molar-refractivity contribution < 1.29 is 9.47 Å². The molecule has 12 heavy (non-hydrogen) atoms. The summed E-state index contributed by atoms with van der Waals surface area (Å²) in [5.74, 6) is 1.11. The minimum atomic E-state index is 0.475. The van der Waals surface area contributed by atoms with Crippen LogP contribution < -0.4 is 9.47 Å². The van der Waals surface area contributed by atoms with Crippen molar-refractivity contribution in [1.82, 2.24) is 0 Å². The van der Waals surface area contributed by atoms with Crippen LogP contribution in [0.5, 0.6) is 11.5 Å². The van der Waals surface area contributed by atoms with E-state index in [0.29, 0.717) is 21.5 Å². The Bertz CT molecular complexity index is 261. The van der Waals surface area contributed by atoms with Crippen molar-refractivity contribution in [1.29, 1.82) is 0 Å². The van der Waals surface area contributed by atoms with Gasteiger partial charge in [0.05, 0.1) is 24.3 Å². The summed E-state index contributed by atoms with van der Waals surface area (Å²) in [5, 5.41) is 0.951. The second-order valence-electron chi connectivity index (χ2n) is 2.12. The predicted molar refractivity (Wildman–Crippen MR) is 49.6 cm³/mol. The first-order valence-corrected chi connectivity index (χ1v) is 4.01. The van der Waals surface area contributed by atoms with Crippen molar-refractivity contribution in [3.8, 4) is 11.5 Å². The lowest BCUT2D eigenvalue weighted by Gasteiger charge is -2.07. The molecule has 1 aromatic rings. The van der Waals surface area contributed by atoms with Crippen molar-refractivity contribution >= 4 is 23.2 Å². The van der Waals surface area contributed by atoms with Crippen molar-refractivity contribution in [3.63, 3.8) is 0 Å². The molecule has 0 radical (unpaired) electrons. The highest BCUT2D eigenvalue weighted by Crippen LogP contribution is 2.35. The maximum atomic E-state index is 5.79. The molecule has 0 fully saturated rings. The zero-order valence-corrected chi connectivity index (χ0v) is 8.24. The van der Waals surface area contributed by atoms with Gasteiger partial charge in [-0.05, 0) is 6.07 Å². The zero-order chi connectivity index (χ0) is 9.14. The lowest BCUT2D eigenvalue weighted by molar-refractivity contribution is 0.394. The van der Waals surface area contributed by atoms with Crippen molar-refractivity contribution in [2.75, 3.05) is 14.2 Å². The molecular weight excluding hydrogens is 199 g/mol. The molecule has 0 N–H and O–H groups in total. The number of hydrogen-bond acceptors (Lipinski definition) is 2. The molecule has 4 heteroatoms. The van der Waals surface area contributed by atoms with E-state index in [1.165, 1.54) is 14.2 Å². The van der Waals surface area contributed by atoms with Gasteiger partial charge in [-0.1, -0.05) is 23.2 Å². The average molecular weight is 207 g/mol. The third-order valence-corrected chi connectivity index (χ3v) is 2.02. The van der Waals surface area contributed by atoms with Gasteiger partial charge in [-0.2, -0.15) is 0 Å². The van der Waals surface area contributed by atoms with Gasteiger partial charge < -0.3 is 9.47 Å². The number of methoxy groups -OCH3 is 2. The SMILES string of the molecule is COc1cc(OC)c(Cl)cc1Cl. The monoisotopic (exact) mass is 206 g/mol. The summed E-state index contributed by atoms with van der Waals surface area (Å²) in [5.41, 5.74) is 0. The Kier molecular flexibility index (Phi) is 3.06.